The van der Waals surface area contributed by atoms with Gasteiger partial charge in [-0.05, 0) is 18.9 Å². The van der Waals surface area contributed by atoms with Crippen LogP contribution in [0.15, 0.2) is 46.9 Å². The van der Waals surface area contributed by atoms with Crippen LogP contribution < -0.4 is 9.47 Å². The quantitative estimate of drug-likeness (QED) is 0.209. The van der Waals surface area contributed by atoms with Crippen LogP contribution in [0.1, 0.15) is 52.4 Å². The molecule has 3 aromatic rings. The SMILES string of the molecule is CCCCC(=O)Oc1c2ccccc2c(OC(=O)CCCC)c2c(Br)cccc12. The molecule has 0 N–H and O–H groups in total. The van der Waals surface area contributed by atoms with E-state index in [9.17, 15) is 9.59 Å². The monoisotopic (exact) mass is 456 g/mol. The molecule has 0 radical (unpaired) electrons. The molecule has 0 aliphatic heterocycles. The second-order valence-corrected chi connectivity index (χ2v) is 7.88. The van der Waals surface area contributed by atoms with Crippen molar-refractivity contribution in [3.05, 3.63) is 46.9 Å². The number of esters is 2. The lowest BCUT2D eigenvalue weighted by Gasteiger charge is -2.17. The van der Waals surface area contributed by atoms with Gasteiger partial charge in [0.25, 0.3) is 0 Å². The van der Waals surface area contributed by atoms with Gasteiger partial charge in [0, 0.05) is 38.9 Å². The van der Waals surface area contributed by atoms with Crippen molar-refractivity contribution in [3.8, 4) is 11.5 Å². The van der Waals surface area contributed by atoms with Crippen molar-refractivity contribution in [3.63, 3.8) is 0 Å². The highest BCUT2D eigenvalue weighted by Crippen LogP contribution is 2.45. The Morgan fingerprint density at radius 3 is 1.86 bits per heavy atom. The maximum absolute atomic E-state index is 12.4. The van der Waals surface area contributed by atoms with E-state index in [1.54, 1.807) is 0 Å². The maximum atomic E-state index is 12.4. The van der Waals surface area contributed by atoms with Crippen LogP contribution in [0.3, 0.4) is 0 Å². The highest BCUT2D eigenvalue weighted by Gasteiger charge is 2.21. The number of fused-ring (bicyclic) bond motifs is 2. The van der Waals surface area contributed by atoms with Gasteiger partial charge in [-0.2, -0.15) is 0 Å². The van der Waals surface area contributed by atoms with Crippen LogP contribution in [-0.4, -0.2) is 11.9 Å². The molecule has 0 saturated heterocycles. The summed E-state index contributed by atoms with van der Waals surface area (Å²) < 4.78 is 12.4. The molecule has 0 aliphatic carbocycles. The third-order valence-electron chi connectivity index (χ3n) is 4.80. The molecule has 0 saturated carbocycles. The Bertz CT molecular complexity index is 1040. The van der Waals surface area contributed by atoms with E-state index in [1.807, 2.05) is 56.3 Å². The zero-order valence-electron chi connectivity index (χ0n) is 16.8. The fraction of sp³-hybridized carbons (Fsp3) is 0.333. The molecule has 152 valence electrons. The van der Waals surface area contributed by atoms with Crippen LogP contribution >= 0.6 is 15.9 Å². The van der Waals surface area contributed by atoms with E-state index in [-0.39, 0.29) is 11.9 Å². The number of benzene rings is 3. The molecule has 0 aromatic heterocycles. The van der Waals surface area contributed by atoms with E-state index in [0.29, 0.717) is 24.3 Å². The molecule has 0 spiro atoms. The summed E-state index contributed by atoms with van der Waals surface area (Å²) in [5, 5.41) is 2.96. The third-order valence-corrected chi connectivity index (χ3v) is 5.46. The largest absolute Gasteiger partial charge is 0.425 e. The Morgan fingerprint density at radius 2 is 1.28 bits per heavy atom. The number of hydrogen-bond donors (Lipinski definition) is 0. The van der Waals surface area contributed by atoms with Crippen molar-refractivity contribution in [2.75, 3.05) is 0 Å². The lowest BCUT2D eigenvalue weighted by atomic mass is 10.0. The summed E-state index contributed by atoms with van der Waals surface area (Å²) in [6.45, 7) is 4.08. The highest BCUT2D eigenvalue weighted by atomic mass is 79.9. The lowest BCUT2D eigenvalue weighted by Crippen LogP contribution is -2.10. The molecule has 3 rings (SSSR count). The van der Waals surface area contributed by atoms with E-state index in [0.717, 1.165) is 51.7 Å². The van der Waals surface area contributed by atoms with Gasteiger partial charge in [0.15, 0.2) is 0 Å². The van der Waals surface area contributed by atoms with Crippen LogP contribution in [0.4, 0.5) is 0 Å². The van der Waals surface area contributed by atoms with Gasteiger partial charge in [-0.15, -0.1) is 0 Å². The Balaban J connectivity index is 2.19. The first-order valence-electron chi connectivity index (χ1n) is 10.1. The molecule has 0 atom stereocenters. The van der Waals surface area contributed by atoms with E-state index >= 15 is 0 Å². The molecule has 0 amide bonds. The minimum absolute atomic E-state index is 0.258. The van der Waals surface area contributed by atoms with Crippen molar-refractivity contribution in [1.82, 2.24) is 0 Å². The second kappa shape index (κ2) is 9.88. The Labute approximate surface area is 179 Å². The molecule has 0 fully saturated rings. The first-order valence-corrected chi connectivity index (χ1v) is 10.9. The van der Waals surface area contributed by atoms with Crippen LogP contribution in [-0.2, 0) is 9.59 Å². The highest BCUT2D eigenvalue weighted by molar-refractivity contribution is 9.10. The van der Waals surface area contributed by atoms with Gasteiger partial charge >= 0.3 is 11.9 Å². The average molecular weight is 457 g/mol. The van der Waals surface area contributed by atoms with E-state index < -0.39 is 0 Å². The Hall–Kier alpha value is -2.40. The van der Waals surface area contributed by atoms with Gasteiger partial charge in [-0.1, -0.05) is 79.0 Å². The topological polar surface area (TPSA) is 52.6 Å². The van der Waals surface area contributed by atoms with Gasteiger partial charge in [-0.3, -0.25) is 9.59 Å². The first kappa shape index (κ1) is 21.3. The Morgan fingerprint density at radius 1 is 0.759 bits per heavy atom. The minimum atomic E-state index is -0.262. The molecule has 5 heteroatoms. The summed E-state index contributed by atoms with van der Waals surface area (Å²) in [6.07, 6.45) is 4.15. The molecule has 0 bridgehead atoms. The standard InChI is InChI=1S/C24H25BrO4/c1-3-5-14-20(26)28-23-16-10-7-8-11-17(16)24(29-21(27)15-6-4-2)22-18(23)12-9-13-19(22)25/h7-13H,3-6,14-15H2,1-2H3. The summed E-state index contributed by atoms with van der Waals surface area (Å²) in [5.74, 6) is 0.483. The van der Waals surface area contributed by atoms with E-state index in [2.05, 4.69) is 15.9 Å². The summed E-state index contributed by atoms with van der Waals surface area (Å²) >= 11 is 3.59. The molecule has 0 heterocycles. The summed E-state index contributed by atoms with van der Waals surface area (Å²) in [4.78, 5) is 24.8. The number of ether oxygens (including phenoxy) is 2. The van der Waals surface area contributed by atoms with Crippen molar-refractivity contribution >= 4 is 49.4 Å². The summed E-state index contributed by atoms with van der Waals surface area (Å²) in [6, 6.07) is 13.2. The van der Waals surface area contributed by atoms with E-state index in [4.69, 9.17) is 9.47 Å². The van der Waals surface area contributed by atoms with Gasteiger partial charge in [0.05, 0.1) is 0 Å². The summed E-state index contributed by atoms with van der Waals surface area (Å²) in [5.41, 5.74) is 0. The zero-order valence-corrected chi connectivity index (χ0v) is 18.4. The maximum Gasteiger partial charge on any atom is 0.311 e. The third kappa shape index (κ3) is 4.78. The van der Waals surface area contributed by atoms with Gasteiger partial charge in [0.2, 0.25) is 0 Å². The molecular weight excluding hydrogens is 432 g/mol. The predicted octanol–water partition coefficient (Wildman–Crippen LogP) is 6.95. The average Bonchev–Trinajstić information content (AvgIpc) is 2.73. The molecular formula is C24H25BrO4. The fourth-order valence-corrected chi connectivity index (χ4v) is 3.84. The number of carbonyl (C=O) groups is 2. The molecule has 29 heavy (non-hydrogen) atoms. The summed E-state index contributed by atoms with van der Waals surface area (Å²) in [7, 11) is 0. The zero-order chi connectivity index (χ0) is 20.8. The van der Waals surface area contributed by atoms with Crippen molar-refractivity contribution < 1.29 is 19.1 Å². The van der Waals surface area contributed by atoms with Crippen LogP contribution in [0.2, 0.25) is 0 Å². The number of hydrogen-bond acceptors (Lipinski definition) is 4. The number of rotatable bonds is 8. The fourth-order valence-electron chi connectivity index (χ4n) is 3.29. The Kier molecular flexibility index (Phi) is 7.26. The van der Waals surface area contributed by atoms with Crippen LogP contribution in [0, 0.1) is 0 Å². The predicted molar refractivity (Wildman–Crippen MR) is 119 cm³/mol. The van der Waals surface area contributed by atoms with Crippen LogP contribution in [0.5, 0.6) is 11.5 Å². The smallest absolute Gasteiger partial charge is 0.311 e. The molecule has 3 aromatic carbocycles. The van der Waals surface area contributed by atoms with Gasteiger partial charge in [-0.25, -0.2) is 0 Å². The van der Waals surface area contributed by atoms with Gasteiger partial charge < -0.3 is 9.47 Å². The molecule has 0 unspecified atom stereocenters. The minimum Gasteiger partial charge on any atom is -0.425 e. The van der Waals surface area contributed by atoms with Crippen LogP contribution in [0.25, 0.3) is 21.5 Å². The number of halogens is 1. The number of unbranched alkanes of at least 4 members (excludes halogenated alkanes) is 2. The lowest BCUT2D eigenvalue weighted by molar-refractivity contribution is -0.135. The second-order valence-electron chi connectivity index (χ2n) is 7.02. The van der Waals surface area contributed by atoms with Gasteiger partial charge in [0.1, 0.15) is 11.5 Å². The number of carbonyl (C=O) groups excluding carboxylic acids is 2. The first-order chi connectivity index (χ1) is 14.1. The molecule has 0 aliphatic rings. The molecule has 4 nitrogen and oxygen atoms in total. The normalized spacial score (nSPS) is 11.0. The van der Waals surface area contributed by atoms with Crippen molar-refractivity contribution in [2.45, 2.75) is 52.4 Å². The van der Waals surface area contributed by atoms with Crippen molar-refractivity contribution in [1.29, 1.82) is 0 Å². The van der Waals surface area contributed by atoms with Crippen molar-refractivity contribution in [2.24, 2.45) is 0 Å². The van der Waals surface area contributed by atoms with E-state index in [1.165, 1.54) is 0 Å².